The summed E-state index contributed by atoms with van der Waals surface area (Å²) in [7, 11) is 0. The second-order valence-electron chi connectivity index (χ2n) is 3.65. The second-order valence-corrected chi connectivity index (χ2v) is 4.50. The normalized spacial score (nSPS) is 20.6. The van der Waals surface area contributed by atoms with Crippen LogP contribution in [-0.2, 0) is 6.18 Å². The van der Waals surface area contributed by atoms with Gasteiger partial charge in [0.05, 0.1) is 10.0 Å². The average molecular weight is 296 g/mol. The Hall–Kier alpha value is -0.750. The summed E-state index contributed by atoms with van der Waals surface area (Å²) < 4.78 is 38.5. The molecule has 1 atom stereocenters. The van der Waals surface area contributed by atoms with Crippen LogP contribution in [0.1, 0.15) is 23.6 Å². The molecule has 0 saturated carbocycles. The van der Waals surface area contributed by atoms with Crippen molar-refractivity contribution < 1.29 is 18.3 Å². The maximum absolute atomic E-state index is 12.7. The lowest BCUT2D eigenvalue weighted by Gasteiger charge is -2.31. The summed E-state index contributed by atoms with van der Waals surface area (Å²) in [6.45, 7) is 0.675. The van der Waals surface area contributed by atoms with E-state index in [0.29, 0.717) is 13.0 Å². The molecule has 0 unspecified atom stereocenters. The van der Waals surface area contributed by atoms with Crippen molar-refractivity contribution >= 4 is 15.9 Å². The zero-order chi connectivity index (χ0) is 11.9. The summed E-state index contributed by atoms with van der Waals surface area (Å²) in [4.78, 5) is 0. The SMILES string of the molecule is Oc1c(Br)ccc(C(F)(F)F)c1[C@@H]1CCN1. The van der Waals surface area contributed by atoms with E-state index in [1.54, 1.807) is 0 Å². The smallest absolute Gasteiger partial charge is 0.416 e. The predicted octanol–water partition coefficient (Wildman–Crippen LogP) is 3.21. The maximum Gasteiger partial charge on any atom is 0.416 e. The molecule has 88 valence electrons. The molecule has 16 heavy (non-hydrogen) atoms. The van der Waals surface area contributed by atoms with Gasteiger partial charge in [0.15, 0.2) is 0 Å². The Morgan fingerprint density at radius 2 is 2.00 bits per heavy atom. The number of alkyl halides is 3. The topological polar surface area (TPSA) is 32.3 Å². The van der Waals surface area contributed by atoms with E-state index in [9.17, 15) is 18.3 Å². The van der Waals surface area contributed by atoms with Crippen molar-refractivity contribution in [1.82, 2.24) is 5.32 Å². The molecule has 2 rings (SSSR count). The molecule has 0 radical (unpaired) electrons. The highest BCUT2D eigenvalue weighted by Gasteiger charge is 2.38. The van der Waals surface area contributed by atoms with Gasteiger partial charge in [-0.25, -0.2) is 0 Å². The van der Waals surface area contributed by atoms with Gasteiger partial charge in [-0.15, -0.1) is 0 Å². The largest absolute Gasteiger partial charge is 0.506 e. The Balaban J connectivity index is 2.55. The molecule has 2 nitrogen and oxygen atoms in total. The molecule has 1 aromatic rings. The standard InChI is InChI=1S/C10H9BrF3NO/c11-6-2-1-5(10(12,13)14)8(9(6)16)7-3-4-15-7/h1-2,7,15-16H,3-4H2/t7-/m0/s1. The molecule has 1 saturated heterocycles. The zero-order valence-electron chi connectivity index (χ0n) is 8.11. The van der Waals surface area contributed by atoms with Crippen LogP contribution in [-0.4, -0.2) is 11.7 Å². The highest BCUT2D eigenvalue weighted by molar-refractivity contribution is 9.10. The fourth-order valence-electron chi connectivity index (χ4n) is 1.72. The lowest BCUT2D eigenvalue weighted by molar-refractivity contribution is -0.138. The van der Waals surface area contributed by atoms with Crippen LogP contribution in [0.2, 0.25) is 0 Å². The Bertz CT molecular complexity index is 415. The number of hydrogen-bond donors (Lipinski definition) is 2. The van der Waals surface area contributed by atoms with Crippen molar-refractivity contribution in [3.05, 3.63) is 27.7 Å². The number of halogens is 4. The number of benzene rings is 1. The lowest BCUT2D eigenvalue weighted by Crippen LogP contribution is -2.36. The van der Waals surface area contributed by atoms with Gasteiger partial charge in [-0.1, -0.05) is 0 Å². The van der Waals surface area contributed by atoms with Gasteiger partial charge in [0, 0.05) is 11.6 Å². The summed E-state index contributed by atoms with van der Waals surface area (Å²) in [5.41, 5.74) is -0.835. The number of nitrogens with one attached hydrogen (secondary N) is 1. The van der Waals surface area contributed by atoms with Crippen molar-refractivity contribution in [2.75, 3.05) is 6.54 Å². The van der Waals surface area contributed by atoms with Crippen molar-refractivity contribution in [2.24, 2.45) is 0 Å². The van der Waals surface area contributed by atoms with Crippen LogP contribution in [0.3, 0.4) is 0 Å². The van der Waals surface area contributed by atoms with Crippen LogP contribution in [0.4, 0.5) is 13.2 Å². The highest BCUT2D eigenvalue weighted by atomic mass is 79.9. The van der Waals surface area contributed by atoms with Gasteiger partial charge >= 0.3 is 6.18 Å². The molecule has 0 aliphatic carbocycles. The summed E-state index contributed by atoms with van der Waals surface area (Å²) in [5, 5.41) is 12.6. The molecule has 1 fully saturated rings. The van der Waals surface area contributed by atoms with E-state index < -0.39 is 17.8 Å². The van der Waals surface area contributed by atoms with E-state index in [0.717, 1.165) is 6.07 Å². The highest BCUT2D eigenvalue weighted by Crippen LogP contribution is 2.44. The first-order valence-corrected chi connectivity index (χ1v) is 5.52. The minimum absolute atomic E-state index is 0.0619. The molecular formula is C10H9BrF3NO. The van der Waals surface area contributed by atoms with E-state index in [-0.39, 0.29) is 15.8 Å². The lowest BCUT2D eigenvalue weighted by atomic mass is 9.92. The molecule has 0 amide bonds. The van der Waals surface area contributed by atoms with Gasteiger partial charge in [0.1, 0.15) is 5.75 Å². The molecule has 0 spiro atoms. The zero-order valence-corrected chi connectivity index (χ0v) is 9.69. The van der Waals surface area contributed by atoms with Crippen molar-refractivity contribution in [2.45, 2.75) is 18.6 Å². The summed E-state index contributed by atoms with van der Waals surface area (Å²) in [5.74, 6) is -0.327. The molecule has 0 bridgehead atoms. The first-order valence-electron chi connectivity index (χ1n) is 4.73. The molecule has 1 aliphatic heterocycles. The van der Waals surface area contributed by atoms with Crippen molar-refractivity contribution in [3.8, 4) is 5.75 Å². The Morgan fingerprint density at radius 1 is 1.38 bits per heavy atom. The average Bonchev–Trinajstić information content (AvgIpc) is 2.08. The molecule has 1 aromatic carbocycles. The van der Waals surface area contributed by atoms with E-state index in [1.807, 2.05) is 0 Å². The van der Waals surface area contributed by atoms with Gasteiger partial charge < -0.3 is 10.4 Å². The molecule has 0 aromatic heterocycles. The first kappa shape index (κ1) is 11.7. The van der Waals surface area contributed by atoms with Gasteiger partial charge in [-0.05, 0) is 41.0 Å². The Kier molecular flexibility index (Phi) is 2.88. The minimum atomic E-state index is -4.44. The summed E-state index contributed by atoms with van der Waals surface area (Å²) >= 11 is 3.02. The van der Waals surface area contributed by atoms with Crippen LogP contribution in [0, 0.1) is 0 Å². The van der Waals surface area contributed by atoms with Gasteiger partial charge in [-0.2, -0.15) is 13.2 Å². The number of phenolic OH excluding ortho intramolecular Hbond substituents is 1. The molecule has 2 N–H and O–H groups in total. The van der Waals surface area contributed by atoms with Gasteiger partial charge in [-0.3, -0.25) is 0 Å². The van der Waals surface area contributed by atoms with E-state index >= 15 is 0 Å². The van der Waals surface area contributed by atoms with E-state index in [4.69, 9.17) is 0 Å². The fourth-order valence-corrected chi connectivity index (χ4v) is 2.06. The molecular weight excluding hydrogens is 287 g/mol. The van der Waals surface area contributed by atoms with Gasteiger partial charge in [0.2, 0.25) is 0 Å². The van der Waals surface area contributed by atoms with Crippen molar-refractivity contribution in [1.29, 1.82) is 0 Å². The van der Waals surface area contributed by atoms with E-state index in [2.05, 4.69) is 21.2 Å². The maximum atomic E-state index is 12.7. The van der Waals surface area contributed by atoms with Gasteiger partial charge in [0.25, 0.3) is 0 Å². The summed E-state index contributed by atoms with van der Waals surface area (Å²) in [6, 6.07) is 1.79. The van der Waals surface area contributed by atoms with Crippen molar-refractivity contribution in [3.63, 3.8) is 0 Å². The second kappa shape index (κ2) is 3.92. The predicted molar refractivity (Wildman–Crippen MR) is 56.2 cm³/mol. The quantitative estimate of drug-likeness (QED) is 0.834. The Labute approximate surface area is 98.6 Å². The summed E-state index contributed by atoms with van der Waals surface area (Å²) in [6.07, 6.45) is -3.84. The fraction of sp³-hybridized carbons (Fsp3) is 0.400. The molecule has 1 aliphatic rings. The molecule has 6 heteroatoms. The van der Waals surface area contributed by atoms with E-state index in [1.165, 1.54) is 6.07 Å². The minimum Gasteiger partial charge on any atom is -0.506 e. The first-order chi connectivity index (χ1) is 7.41. The number of rotatable bonds is 1. The number of phenols is 1. The van der Waals surface area contributed by atoms with Crippen LogP contribution < -0.4 is 5.32 Å². The number of hydrogen-bond acceptors (Lipinski definition) is 2. The van der Waals surface area contributed by atoms with Crippen LogP contribution in [0.25, 0.3) is 0 Å². The number of aromatic hydroxyl groups is 1. The third-order valence-electron chi connectivity index (χ3n) is 2.65. The van der Waals surface area contributed by atoms with Crippen LogP contribution >= 0.6 is 15.9 Å². The van der Waals surface area contributed by atoms with Crippen LogP contribution in [0.5, 0.6) is 5.75 Å². The molecule has 1 heterocycles. The third kappa shape index (κ3) is 1.91. The Morgan fingerprint density at radius 3 is 2.44 bits per heavy atom. The third-order valence-corrected chi connectivity index (χ3v) is 3.29. The monoisotopic (exact) mass is 295 g/mol. The van der Waals surface area contributed by atoms with Crippen LogP contribution in [0.15, 0.2) is 16.6 Å².